The van der Waals surface area contributed by atoms with E-state index in [1.54, 1.807) is 11.3 Å². The second-order valence-corrected chi connectivity index (χ2v) is 7.62. The van der Waals surface area contributed by atoms with Gasteiger partial charge in [-0.25, -0.2) is 0 Å². The van der Waals surface area contributed by atoms with Gasteiger partial charge in [0.15, 0.2) is 0 Å². The predicted molar refractivity (Wildman–Crippen MR) is 84.3 cm³/mol. The molecule has 1 unspecified atom stereocenters. The summed E-state index contributed by atoms with van der Waals surface area (Å²) in [7, 11) is 0. The first-order valence-corrected chi connectivity index (χ1v) is 8.58. The number of thiophene rings is 1. The fourth-order valence-electron chi connectivity index (χ4n) is 3.66. The van der Waals surface area contributed by atoms with Gasteiger partial charge in [-0.2, -0.15) is 0 Å². The first kappa shape index (κ1) is 14.2. The molecule has 0 bridgehead atoms. The van der Waals surface area contributed by atoms with Crippen LogP contribution in [0.2, 0.25) is 4.34 Å². The Labute approximate surface area is 129 Å². The molecule has 1 aromatic heterocycles. The lowest BCUT2D eigenvalue weighted by Gasteiger charge is -2.38. The second-order valence-electron chi connectivity index (χ2n) is 5.86. The molecule has 3 rings (SSSR count). The lowest BCUT2D eigenvalue weighted by atomic mass is 9.75. The molecule has 1 aliphatic carbocycles. The number of hydrogen-bond donors (Lipinski definition) is 0. The fraction of sp³-hybridized carbons (Fsp3) is 0.562. The standard InChI is InChI=1S/C16H20ClNOS/c1-2-16(19)18-9-13(11-6-4-3-5-7-11)12-8-15(17)20-14(12)10-18/h2,8,11,13H,1,3-7,9-10H2. The summed E-state index contributed by atoms with van der Waals surface area (Å²) in [4.78, 5) is 15.2. The molecule has 20 heavy (non-hydrogen) atoms. The SMILES string of the molecule is C=CC(=O)N1Cc2sc(Cl)cc2C(C2CCCCC2)C1. The van der Waals surface area contributed by atoms with Crippen molar-refractivity contribution >= 4 is 28.8 Å². The third kappa shape index (κ3) is 2.66. The van der Waals surface area contributed by atoms with Crippen molar-refractivity contribution in [1.82, 2.24) is 4.90 Å². The molecule has 2 aliphatic rings. The lowest BCUT2D eigenvalue weighted by Crippen LogP contribution is -2.39. The summed E-state index contributed by atoms with van der Waals surface area (Å²) in [5.74, 6) is 1.21. The molecule has 4 heteroatoms. The van der Waals surface area contributed by atoms with E-state index in [9.17, 15) is 4.79 Å². The van der Waals surface area contributed by atoms with Crippen LogP contribution in [-0.2, 0) is 11.3 Å². The highest BCUT2D eigenvalue weighted by molar-refractivity contribution is 7.16. The molecule has 0 aromatic carbocycles. The summed E-state index contributed by atoms with van der Waals surface area (Å²) in [6.45, 7) is 5.14. The smallest absolute Gasteiger partial charge is 0.246 e. The van der Waals surface area contributed by atoms with Crippen LogP contribution in [0.15, 0.2) is 18.7 Å². The van der Waals surface area contributed by atoms with Crippen LogP contribution in [0.5, 0.6) is 0 Å². The van der Waals surface area contributed by atoms with Gasteiger partial charge in [0.05, 0.1) is 10.9 Å². The molecule has 1 amide bonds. The van der Waals surface area contributed by atoms with Crippen molar-refractivity contribution in [1.29, 1.82) is 0 Å². The van der Waals surface area contributed by atoms with Gasteiger partial charge in [0.2, 0.25) is 5.91 Å². The number of carbonyl (C=O) groups excluding carboxylic acids is 1. The van der Waals surface area contributed by atoms with Gasteiger partial charge < -0.3 is 4.90 Å². The van der Waals surface area contributed by atoms with Gasteiger partial charge in [-0.05, 0) is 36.5 Å². The lowest BCUT2D eigenvalue weighted by molar-refractivity contribution is -0.127. The Morgan fingerprint density at radius 1 is 1.40 bits per heavy atom. The molecule has 1 saturated carbocycles. The Morgan fingerprint density at radius 3 is 2.85 bits per heavy atom. The molecule has 1 fully saturated rings. The van der Waals surface area contributed by atoms with Crippen LogP contribution in [0.1, 0.15) is 48.5 Å². The summed E-state index contributed by atoms with van der Waals surface area (Å²) in [6, 6.07) is 2.14. The number of rotatable bonds is 2. The maximum atomic E-state index is 12.0. The molecule has 0 N–H and O–H groups in total. The van der Waals surface area contributed by atoms with E-state index >= 15 is 0 Å². The van der Waals surface area contributed by atoms with Crippen molar-refractivity contribution in [3.8, 4) is 0 Å². The van der Waals surface area contributed by atoms with E-state index in [1.165, 1.54) is 48.6 Å². The average Bonchev–Trinajstić information content (AvgIpc) is 2.86. The Bertz CT molecular complexity index is 519. The zero-order valence-corrected chi connectivity index (χ0v) is 13.2. The maximum Gasteiger partial charge on any atom is 0.246 e. The van der Waals surface area contributed by atoms with Gasteiger partial charge in [0, 0.05) is 17.3 Å². The first-order chi connectivity index (χ1) is 9.69. The van der Waals surface area contributed by atoms with E-state index < -0.39 is 0 Å². The molecule has 1 aromatic rings. The quantitative estimate of drug-likeness (QED) is 0.731. The summed E-state index contributed by atoms with van der Waals surface area (Å²) >= 11 is 7.84. The number of hydrogen-bond acceptors (Lipinski definition) is 2. The van der Waals surface area contributed by atoms with Crippen LogP contribution in [0.3, 0.4) is 0 Å². The highest BCUT2D eigenvalue weighted by atomic mass is 35.5. The topological polar surface area (TPSA) is 20.3 Å². The highest BCUT2D eigenvalue weighted by Crippen LogP contribution is 2.44. The third-order valence-electron chi connectivity index (χ3n) is 4.67. The molecule has 108 valence electrons. The number of halogens is 1. The van der Waals surface area contributed by atoms with E-state index in [0.29, 0.717) is 18.4 Å². The van der Waals surface area contributed by atoms with Crippen LogP contribution in [0, 0.1) is 5.92 Å². The van der Waals surface area contributed by atoms with E-state index in [4.69, 9.17) is 11.6 Å². The van der Waals surface area contributed by atoms with Gasteiger partial charge in [-0.3, -0.25) is 4.79 Å². The molecular formula is C16H20ClNOS. The van der Waals surface area contributed by atoms with Crippen LogP contribution >= 0.6 is 22.9 Å². The monoisotopic (exact) mass is 309 g/mol. The normalized spacial score (nSPS) is 23.4. The Morgan fingerprint density at radius 2 is 2.15 bits per heavy atom. The predicted octanol–water partition coefficient (Wildman–Crippen LogP) is 4.59. The summed E-state index contributed by atoms with van der Waals surface area (Å²) in [5, 5.41) is 0. The minimum Gasteiger partial charge on any atom is -0.333 e. The zero-order chi connectivity index (χ0) is 14.1. The molecule has 0 saturated heterocycles. The molecule has 1 atom stereocenters. The Hall–Kier alpha value is -0.800. The highest BCUT2D eigenvalue weighted by Gasteiger charge is 2.34. The summed E-state index contributed by atoms with van der Waals surface area (Å²) < 4.78 is 0.851. The van der Waals surface area contributed by atoms with Crippen molar-refractivity contribution in [2.75, 3.05) is 6.54 Å². The van der Waals surface area contributed by atoms with Gasteiger partial charge in [0.25, 0.3) is 0 Å². The number of amides is 1. The van der Waals surface area contributed by atoms with Crippen LogP contribution in [-0.4, -0.2) is 17.4 Å². The minimum absolute atomic E-state index is 0.0426. The largest absolute Gasteiger partial charge is 0.333 e. The third-order valence-corrected chi connectivity index (χ3v) is 5.93. The van der Waals surface area contributed by atoms with Crippen LogP contribution in [0.25, 0.3) is 0 Å². The molecule has 2 nitrogen and oxygen atoms in total. The Balaban J connectivity index is 1.90. The van der Waals surface area contributed by atoms with Gasteiger partial charge in [-0.1, -0.05) is 37.4 Å². The van der Waals surface area contributed by atoms with Gasteiger partial charge >= 0.3 is 0 Å². The number of carbonyl (C=O) groups is 1. The van der Waals surface area contributed by atoms with E-state index in [1.807, 2.05) is 4.90 Å². The Kier molecular flexibility index (Phi) is 4.18. The summed E-state index contributed by atoms with van der Waals surface area (Å²) in [5.41, 5.74) is 1.40. The first-order valence-electron chi connectivity index (χ1n) is 7.38. The van der Waals surface area contributed by atoms with Gasteiger partial charge in [-0.15, -0.1) is 11.3 Å². The molecule has 0 radical (unpaired) electrons. The molecule has 1 aliphatic heterocycles. The van der Waals surface area contributed by atoms with Crippen molar-refractivity contribution in [2.24, 2.45) is 5.92 Å². The number of nitrogens with zero attached hydrogens (tertiary/aromatic N) is 1. The molecule has 2 heterocycles. The van der Waals surface area contributed by atoms with Crippen molar-refractivity contribution in [3.05, 3.63) is 33.5 Å². The van der Waals surface area contributed by atoms with Crippen LogP contribution < -0.4 is 0 Å². The fourth-order valence-corrected chi connectivity index (χ4v) is 5.02. The second kappa shape index (κ2) is 5.90. The maximum absolute atomic E-state index is 12.0. The van der Waals surface area contributed by atoms with Crippen molar-refractivity contribution in [2.45, 2.75) is 44.6 Å². The zero-order valence-electron chi connectivity index (χ0n) is 11.6. The van der Waals surface area contributed by atoms with Crippen molar-refractivity contribution < 1.29 is 4.79 Å². The van der Waals surface area contributed by atoms with Gasteiger partial charge in [0.1, 0.15) is 0 Å². The molecule has 0 spiro atoms. The average molecular weight is 310 g/mol. The van der Waals surface area contributed by atoms with Crippen LogP contribution in [0.4, 0.5) is 0 Å². The van der Waals surface area contributed by atoms with E-state index in [0.717, 1.165) is 10.9 Å². The summed E-state index contributed by atoms with van der Waals surface area (Å²) in [6.07, 6.45) is 8.00. The number of fused-ring (bicyclic) bond motifs is 1. The van der Waals surface area contributed by atoms with E-state index in [-0.39, 0.29) is 5.91 Å². The molecular weight excluding hydrogens is 290 g/mol. The van der Waals surface area contributed by atoms with Crippen molar-refractivity contribution in [3.63, 3.8) is 0 Å². The minimum atomic E-state index is 0.0426. The van der Waals surface area contributed by atoms with E-state index in [2.05, 4.69) is 12.6 Å².